The predicted octanol–water partition coefficient (Wildman–Crippen LogP) is 1.08. The number of rotatable bonds is 3. The van der Waals surface area contributed by atoms with E-state index in [2.05, 4.69) is 31.5 Å². The smallest absolute Gasteiger partial charge is 0.318 e. The second kappa shape index (κ2) is 6.70. The number of amides is 2. The summed E-state index contributed by atoms with van der Waals surface area (Å²) < 4.78 is 1.91. The second-order valence-corrected chi connectivity index (χ2v) is 6.69. The minimum Gasteiger partial charge on any atom is -0.355 e. The highest BCUT2D eigenvalue weighted by Crippen LogP contribution is 2.23. The Morgan fingerprint density at radius 3 is 2.84 bits per heavy atom. The van der Waals surface area contributed by atoms with Crippen molar-refractivity contribution in [2.45, 2.75) is 32.4 Å². The van der Waals surface area contributed by atoms with Crippen LogP contribution in [0.5, 0.6) is 0 Å². The molecule has 4 rings (SSSR count). The van der Waals surface area contributed by atoms with Gasteiger partial charge in [0, 0.05) is 45.8 Å². The fourth-order valence-electron chi connectivity index (χ4n) is 3.42. The molecule has 2 aromatic heterocycles. The molecule has 0 aliphatic carbocycles. The highest BCUT2D eigenvalue weighted by atomic mass is 16.2. The van der Waals surface area contributed by atoms with Crippen LogP contribution in [-0.2, 0) is 26.6 Å². The van der Waals surface area contributed by atoms with Gasteiger partial charge in [-0.15, -0.1) is 5.10 Å². The first-order chi connectivity index (χ1) is 12.2. The molecule has 25 heavy (non-hydrogen) atoms. The Morgan fingerprint density at radius 2 is 2.08 bits per heavy atom. The molecular formula is C17H23N7O. The van der Waals surface area contributed by atoms with Crippen molar-refractivity contribution in [3.05, 3.63) is 35.5 Å². The molecule has 1 saturated heterocycles. The Labute approximate surface area is 146 Å². The summed E-state index contributed by atoms with van der Waals surface area (Å²) in [6, 6.07) is 2.06. The molecule has 2 aromatic rings. The molecule has 0 aromatic carbocycles. The molecule has 0 atom stereocenters. The van der Waals surface area contributed by atoms with Gasteiger partial charge in [-0.25, -0.2) is 9.78 Å². The van der Waals surface area contributed by atoms with Gasteiger partial charge in [0.05, 0.1) is 24.3 Å². The molecule has 4 heterocycles. The molecule has 0 spiro atoms. The van der Waals surface area contributed by atoms with Crippen LogP contribution in [0.1, 0.15) is 29.8 Å². The van der Waals surface area contributed by atoms with Gasteiger partial charge in [-0.3, -0.25) is 0 Å². The Kier molecular flexibility index (Phi) is 4.25. The molecule has 1 N–H and O–H groups in total. The quantitative estimate of drug-likeness (QED) is 0.904. The van der Waals surface area contributed by atoms with Crippen molar-refractivity contribution in [2.24, 2.45) is 7.05 Å². The zero-order chi connectivity index (χ0) is 17.2. The number of imidazole rings is 1. The predicted molar refractivity (Wildman–Crippen MR) is 93.0 cm³/mol. The van der Waals surface area contributed by atoms with Gasteiger partial charge in [0.15, 0.2) is 5.82 Å². The average Bonchev–Trinajstić information content (AvgIpc) is 3.30. The van der Waals surface area contributed by atoms with Crippen molar-refractivity contribution in [3.8, 4) is 0 Å². The van der Waals surface area contributed by atoms with Crippen LogP contribution in [0, 0.1) is 0 Å². The van der Waals surface area contributed by atoms with Gasteiger partial charge in [-0.05, 0) is 24.5 Å². The molecule has 0 unspecified atom stereocenters. The lowest BCUT2D eigenvalue weighted by Crippen LogP contribution is -2.43. The highest BCUT2D eigenvalue weighted by Gasteiger charge is 2.24. The Balaban J connectivity index is 1.41. The third-order valence-corrected chi connectivity index (χ3v) is 4.98. The van der Waals surface area contributed by atoms with Crippen LogP contribution in [0.3, 0.4) is 0 Å². The van der Waals surface area contributed by atoms with Crippen molar-refractivity contribution in [1.29, 1.82) is 0 Å². The van der Waals surface area contributed by atoms with Crippen molar-refractivity contribution in [1.82, 2.24) is 30.0 Å². The Bertz CT molecular complexity index is 766. The van der Waals surface area contributed by atoms with E-state index in [0.717, 1.165) is 42.3 Å². The molecule has 2 aliphatic heterocycles. The number of fused-ring (bicyclic) bond motifs is 1. The van der Waals surface area contributed by atoms with Crippen LogP contribution in [0.2, 0.25) is 0 Å². The zero-order valence-corrected chi connectivity index (χ0v) is 14.5. The molecule has 0 radical (unpaired) electrons. The van der Waals surface area contributed by atoms with E-state index in [0.29, 0.717) is 19.6 Å². The average molecular weight is 341 g/mol. The van der Waals surface area contributed by atoms with Gasteiger partial charge < -0.3 is 19.7 Å². The fourth-order valence-corrected chi connectivity index (χ4v) is 3.42. The first kappa shape index (κ1) is 15.9. The topological polar surface area (TPSA) is 79.2 Å². The number of hydrogen-bond acceptors (Lipinski definition) is 5. The molecule has 2 aliphatic rings. The Morgan fingerprint density at radius 1 is 1.24 bits per heavy atom. The number of carbonyl (C=O) groups is 1. The minimum absolute atomic E-state index is 0.0496. The largest absolute Gasteiger partial charge is 0.355 e. The lowest BCUT2D eigenvalue weighted by Gasteiger charge is -2.29. The second-order valence-electron chi connectivity index (χ2n) is 6.69. The maximum Gasteiger partial charge on any atom is 0.318 e. The first-order valence-electron chi connectivity index (χ1n) is 8.79. The normalized spacial score (nSPS) is 16.8. The molecule has 2 amide bonds. The van der Waals surface area contributed by atoms with Crippen molar-refractivity contribution in [2.75, 3.05) is 24.5 Å². The summed E-state index contributed by atoms with van der Waals surface area (Å²) in [7, 11) is 1.92. The molecule has 8 heteroatoms. The van der Waals surface area contributed by atoms with E-state index in [9.17, 15) is 4.79 Å². The van der Waals surface area contributed by atoms with Crippen molar-refractivity contribution < 1.29 is 4.79 Å². The maximum atomic E-state index is 12.5. The van der Waals surface area contributed by atoms with E-state index in [1.165, 1.54) is 12.8 Å². The number of hydrogen-bond donors (Lipinski definition) is 1. The number of nitrogens with zero attached hydrogens (tertiary/aromatic N) is 6. The van der Waals surface area contributed by atoms with E-state index >= 15 is 0 Å². The SMILES string of the molecule is Cn1cncc1CNC(=O)N1CCc2nnc(N3CCCC3)cc2C1. The third kappa shape index (κ3) is 3.29. The number of urea groups is 1. The summed E-state index contributed by atoms with van der Waals surface area (Å²) in [6.45, 7) is 3.82. The summed E-state index contributed by atoms with van der Waals surface area (Å²) in [5.74, 6) is 0.938. The molecular weight excluding hydrogens is 318 g/mol. The summed E-state index contributed by atoms with van der Waals surface area (Å²) in [5.41, 5.74) is 3.10. The highest BCUT2D eigenvalue weighted by molar-refractivity contribution is 5.74. The molecule has 132 valence electrons. The molecule has 0 saturated carbocycles. The lowest BCUT2D eigenvalue weighted by atomic mass is 10.1. The van der Waals surface area contributed by atoms with Crippen LogP contribution in [0.25, 0.3) is 0 Å². The monoisotopic (exact) mass is 341 g/mol. The van der Waals surface area contributed by atoms with Crippen molar-refractivity contribution in [3.63, 3.8) is 0 Å². The van der Waals surface area contributed by atoms with E-state index in [1.54, 1.807) is 12.5 Å². The number of carbonyl (C=O) groups excluding carboxylic acids is 1. The van der Waals surface area contributed by atoms with Crippen LogP contribution in [0.4, 0.5) is 10.6 Å². The molecule has 8 nitrogen and oxygen atoms in total. The summed E-state index contributed by atoms with van der Waals surface area (Å²) >= 11 is 0. The van der Waals surface area contributed by atoms with Gasteiger partial charge in [-0.2, -0.15) is 5.10 Å². The van der Waals surface area contributed by atoms with Crippen LogP contribution >= 0.6 is 0 Å². The van der Waals surface area contributed by atoms with Gasteiger partial charge in [0.25, 0.3) is 0 Å². The van der Waals surface area contributed by atoms with E-state index in [-0.39, 0.29) is 6.03 Å². The van der Waals surface area contributed by atoms with Crippen LogP contribution in [-0.4, -0.2) is 50.3 Å². The van der Waals surface area contributed by atoms with E-state index in [1.807, 2.05) is 16.5 Å². The molecule has 1 fully saturated rings. The summed E-state index contributed by atoms with van der Waals surface area (Å²) in [5, 5.41) is 11.7. The molecule has 0 bridgehead atoms. The first-order valence-corrected chi connectivity index (χ1v) is 8.79. The Hall–Kier alpha value is -2.64. The maximum absolute atomic E-state index is 12.5. The number of aryl methyl sites for hydroxylation is 1. The van der Waals surface area contributed by atoms with E-state index < -0.39 is 0 Å². The van der Waals surface area contributed by atoms with Gasteiger partial charge in [0.1, 0.15) is 0 Å². The third-order valence-electron chi connectivity index (χ3n) is 4.98. The zero-order valence-electron chi connectivity index (χ0n) is 14.5. The number of aromatic nitrogens is 4. The van der Waals surface area contributed by atoms with Gasteiger partial charge in [-0.1, -0.05) is 0 Å². The van der Waals surface area contributed by atoms with E-state index in [4.69, 9.17) is 0 Å². The van der Waals surface area contributed by atoms with Gasteiger partial charge in [0.2, 0.25) is 0 Å². The van der Waals surface area contributed by atoms with Gasteiger partial charge >= 0.3 is 6.03 Å². The number of nitrogens with one attached hydrogen (secondary N) is 1. The van der Waals surface area contributed by atoms with Crippen LogP contribution < -0.4 is 10.2 Å². The van der Waals surface area contributed by atoms with Crippen LogP contribution in [0.15, 0.2) is 18.6 Å². The minimum atomic E-state index is -0.0496. The number of anilines is 1. The summed E-state index contributed by atoms with van der Waals surface area (Å²) in [4.78, 5) is 20.7. The summed E-state index contributed by atoms with van der Waals surface area (Å²) in [6.07, 6.45) is 6.67. The van der Waals surface area contributed by atoms with Crippen molar-refractivity contribution >= 4 is 11.8 Å². The fraction of sp³-hybridized carbons (Fsp3) is 0.529. The standard InChI is InChI=1S/C17H23N7O/c1-22-12-18-9-14(22)10-19-17(25)24-7-4-15-13(11-24)8-16(21-20-15)23-5-2-3-6-23/h8-9,12H,2-7,10-11H2,1H3,(H,19,25). The lowest BCUT2D eigenvalue weighted by molar-refractivity contribution is 0.191.